The predicted molar refractivity (Wildman–Crippen MR) is 216 cm³/mol. The van der Waals surface area contributed by atoms with Crippen LogP contribution in [0.3, 0.4) is 0 Å². The first-order chi connectivity index (χ1) is 27.4. The average molecular weight is 881 g/mol. The highest BCUT2D eigenvalue weighted by Crippen LogP contribution is 2.33. The Balaban J connectivity index is 1.57. The first-order valence-electron chi connectivity index (χ1n) is 17.0. The van der Waals surface area contributed by atoms with Gasteiger partial charge in [-0.3, -0.25) is 0 Å². The van der Waals surface area contributed by atoms with E-state index in [1.807, 2.05) is 0 Å². The fraction of sp³-hybridized carbons (Fsp3) is 0.243. The van der Waals surface area contributed by atoms with Gasteiger partial charge in [0.25, 0.3) is 5.96 Å². The van der Waals surface area contributed by atoms with E-state index in [0.717, 1.165) is 6.92 Å². The van der Waals surface area contributed by atoms with Gasteiger partial charge in [0, 0.05) is 41.9 Å². The summed E-state index contributed by atoms with van der Waals surface area (Å²) < 4.78 is 85.6. The largest absolute Gasteiger partial charge is 0.495 e. The van der Waals surface area contributed by atoms with Crippen LogP contribution >= 0.6 is 23.2 Å². The Morgan fingerprint density at radius 2 is 1.10 bits per heavy atom. The normalized spacial score (nSPS) is 12.4. The molecular formula is C37H39Cl2N5O12S2. The molecule has 0 spiro atoms. The molecule has 0 radical (unpaired) electrons. The number of methoxy groups -OCH3 is 2. The first kappa shape index (κ1) is 44.9. The lowest BCUT2D eigenvalue weighted by Crippen LogP contribution is -2.36. The van der Waals surface area contributed by atoms with Crippen molar-refractivity contribution < 1.29 is 53.8 Å². The Bertz CT molecular complexity index is 2480. The van der Waals surface area contributed by atoms with E-state index in [4.69, 9.17) is 61.1 Å². The van der Waals surface area contributed by atoms with Gasteiger partial charge in [-0.2, -0.15) is 16.8 Å². The number of rotatable bonds is 14. The zero-order valence-electron chi connectivity index (χ0n) is 32.2. The number of halogens is 2. The molecular weight excluding hydrogens is 841 g/mol. The third kappa shape index (κ3) is 12.4. The van der Waals surface area contributed by atoms with Crippen LogP contribution < -0.4 is 33.0 Å². The van der Waals surface area contributed by atoms with Crippen molar-refractivity contribution in [1.82, 2.24) is 5.17 Å². The predicted octanol–water partition coefficient (Wildman–Crippen LogP) is 7.16. The minimum Gasteiger partial charge on any atom is -0.495 e. The molecule has 0 unspecified atom stereocenters. The summed E-state index contributed by atoms with van der Waals surface area (Å²) in [5, 5.41) is 13.0. The van der Waals surface area contributed by atoms with Crippen LogP contribution in [0.25, 0.3) is 0 Å². The van der Waals surface area contributed by atoms with Crippen molar-refractivity contribution in [2.75, 3.05) is 14.2 Å². The molecule has 2 N–H and O–H groups in total. The van der Waals surface area contributed by atoms with Crippen LogP contribution in [-0.4, -0.2) is 60.0 Å². The van der Waals surface area contributed by atoms with Gasteiger partial charge in [0.15, 0.2) is 0 Å². The standard InChI is InChI=1S/C37H39Cl2N5O12S2/c1-8-35(52-27-14-22(3)16-29(20-27)55-57(46,47)33-18-25(38)10-12-31(33)50-6)41-42-37(40)44(54-24(5)45)43-36(9-2)53-28-15-23(4)17-30(21-28)56-58(48,49)34-19-26(39)11-13-32(34)51-7/h10-21H,8-9H2,1-7H3,(H2,40,42). The van der Waals surface area contributed by atoms with E-state index in [0.29, 0.717) is 16.3 Å². The van der Waals surface area contributed by atoms with Crippen molar-refractivity contribution in [3.63, 3.8) is 0 Å². The molecule has 0 aliphatic heterocycles. The highest BCUT2D eigenvalue weighted by Gasteiger charge is 2.25. The number of hydrazone groups is 1. The van der Waals surface area contributed by atoms with Crippen molar-refractivity contribution in [2.24, 2.45) is 21.0 Å². The maximum Gasteiger partial charge on any atom is 0.342 e. The highest BCUT2D eigenvalue weighted by molar-refractivity contribution is 7.87. The first-order valence-corrected chi connectivity index (χ1v) is 20.5. The monoisotopic (exact) mass is 879 g/mol. The second-order valence-corrected chi connectivity index (χ2v) is 15.7. The van der Waals surface area contributed by atoms with Crippen LogP contribution in [-0.2, 0) is 29.9 Å². The molecule has 0 atom stereocenters. The van der Waals surface area contributed by atoms with Crippen LogP contribution in [0.15, 0.2) is 97.9 Å². The minimum atomic E-state index is -4.41. The van der Waals surface area contributed by atoms with Gasteiger partial charge in [-0.05, 0) is 90.8 Å². The third-order valence-electron chi connectivity index (χ3n) is 7.20. The Morgan fingerprint density at radius 3 is 1.52 bits per heavy atom. The number of aryl methyl sites for hydroxylation is 2. The van der Waals surface area contributed by atoms with E-state index in [9.17, 15) is 21.6 Å². The Labute approximate surface area is 345 Å². The van der Waals surface area contributed by atoms with Crippen LogP contribution in [0, 0.1) is 13.8 Å². The summed E-state index contributed by atoms with van der Waals surface area (Å²) in [6.45, 7) is 7.86. The van der Waals surface area contributed by atoms with Gasteiger partial charge >= 0.3 is 26.2 Å². The van der Waals surface area contributed by atoms with Gasteiger partial charge in [0.2, 0.25) is 11.8 Å². The molecule has 0 saturated heterocycles. The van der Waals surface area contributed by atoms with Gasteiger partial charge in [0.1, 0.15) is 44.3 Å². The molecule has 17 nitrogen and oxygen atoms in total. The van der Waals surface area contributed by atoms with Crippen molar-refractivity contribution >= 4 is 67.2 Å². The van der Waals surface area contributed by atoms with Crippen molar-refractivity contribution in [2.45, 2.75) is 57.3 Å². The maximum atomic E-state index is 13.2. The number of nitrogens with two attached hydrogens (primary N) is 1. The maximum absolute atomic E-state index is 13.2. The zero-order valence-corrected chi connectivity index (χ0v) is 35.3. The molecule has 0 amide bonds. The number of nitrogens with zero attached hydrogens (tertiary/aromatic N) is 4. The molecule has 4 rings (SSSR count). The third-order valence-corrected chi connectivity index (χ3v) is 10.2. The molecule has 0 fully saturated rings. The number of hydrogen-bond acceptors (Lipinski definition) is 15. The van der Waals surface area contributed by atoms with Gasteiger partial charge in [-0.15, -0.1) is 10.2 Å². The Morgan fingerprint density at radius 1 is 0.672 bits per heavy atom. The van der Waals surface area contributed by atoms with Crippen LogP contribution in [0.4, 0.5) is 0 Å². The van der Waals surface area contributed by atoms with Gasteiger partial charge in [-0.1, -0.05) is 42.2 Å². The van der Waals surface area contributed by atoms with Crippen molar-refractivity contribution in [3.05, 3.63) is 94.0 Å². The number of hydrogen-bond donors (Lipinski definition) is 1. The zero-order chi connectivity index (χ0) is 42.8. The average Bonchev–Trinajstić information content (AvgIpc) is 3.14. The molecule has 0 aliphatic rings. The number of carbonyl (C=O) groups excluding carboxylic acids is 1. The van der Waals surface area contributed by atoms with E-state index in [1.165, 1.54) is 74.9 Å². The summed E-state index contributed by atoms with van der Waals surface area (Å²) in [5.41, 5.74) is 7.28. The summed E-state index contributed by atoms with van der Waals surface area (Å²) in [4.78, 5) is 16.6. The number of benzene rings is 4. The Hall–Kier alpha value is -5.76. The molecule has 58 heavy (non-hydrogen) atoms. The second-order valence-electron chi connectivity index (χ2n) is 11.8. The van der Waals surface area contributed by atoms with Crippen LogP contribution in [0.1, 0.15) is 44.7 Å². The topological polar surface area (TPSA) is 216 Å². The molecule has 0 heterocycles. The molecule has 21 heteroatoms. The van der Waals surface area contributed by atoms with E-state index < -0.39 is 32.2 Å². The van der Waals surface area contributed by atoms with E-state index in [1.54, 1.807) is 39.8 Å². The summed E-state index contributed by atoms with van der Waals surface area (Å²) >= 11 is 12.1. The molecule has 0 saturated carbocycles. The summed E-state index contributed by atoms with van der Waals surface area (Å²) in [7, 11) is -6.17. The quantitative estimate of drug-likeness (QED) is 0.0576. The van der Waals surface area contributed by atoms with Gasteiger partial charge in [0.05, 0.1) is 14.2 Å². The lowest BCUT2D eigenvalue weighted by Gasteiger charge is -2.17. The Kier molecular flexibility index (Phi) is 15.2. The van der Waals surface area contributed by atoms with E-state index in [2.05, 4.69) is 15.3 Å². The van der Waals surface area contributed by atoms with E-state index >= 15 is 0 Å². The SMILES string of the molecule is CCC(=NN=C(N)N(N=C(CC)Oc1cc(C)cc(OS(=O)(=O)c2cc(Cl)ccc2OC)c1)OC(C)=O)Oc1cc(C)cc(OS(=O)(=O)c2cc(Cl)ccc2OC)c1. The van der Waals surface area contributed by atoms with Crippen LogP contribution in [0.5, 0.6) is 34.5 Å². The van der Waals surface area contributed by atoms with E-state index in [-0.39, 0.29) is 79.0 Å². The molecule has 4 aromatic carbocycles. The fourth-order valence-corrected chi connectivity index (χ4v) is 7.45. The van der Waals surface area contributed by atoms with Gasteiger partial charge < -0.3 is 37.9 Å². The number of guanidine groups is 1. The van der Waals surface area contributed by atoms with Crippen LogP contribution in [0.2, 0.25) is 10.0 Å². The van der Waals surface area contributed by atoms with Crippen molar-refractivity contribution in [1.29, 1.82) is 0 Å². The number of carbonyl (C=O) groups is 1. The summed E-state index contributed by atoms with van der Waals surface area (Å²) in [5.74, 6) is -1.23. The number of ether oxygens (including phenoxy) is 4. The second kappa shape index (κ2) is 19.6. The smallest absolute Gasteiger partial charge is 0.342 e. The van der Waals surface area contributed by atoms with Crippen molar-refractivity contribution in [3.8, 4) is 34.5 Å². The minimum absolute atomic E-state index is 0.00947. The molecule has 0 aliphatic carbocycles. The molecule has 310 valence electrons. The fourth-order valence-electron chi connectivity index (χ4n) is 4.76. The lowest BCUT2D eigenvalue weighted by molar-refractivity contribution is -0.170. The van der Waals surface area contributed by atoms with Gasteiger partial charge in [-0.25, -0.2) is 4.79 Å². The summed E-state index contributed by atoms with van der Waals surface area (Å²) in [6.07, 6.45) is 0.300. The lowest BCUT2D eigenvalue weighted by atomic mass is 10.2. The molecule has 0 aromatic heterocycles. The molecule has 0 bridgehead atoms. The summed E-state index contributed by atoms with van der Waals surface area (Å²) in [6, 6.07) is 16.9. The highest BCUT2D eigenvalue weighted by atomic mass is 35.5. The number of hydroxylamine groups is 1. The molecule has 4 aromatic rings.